The van der Waals surface area contributed by atoms with E-state index in [1.54, 1.807) is 67.6 Å². The minimum Gasteiger partial charge on any atom is -0.493 e. The number of sulfone groups is 1. The number of benzene rings is 2. The van der Waals surface area contributed by atoms with Crippen LogP contribution in [0.1, 0.15) is 46.0 Å². The highest BCUT2D eigenvalue weighted by atomic mass is 32.2. The van der Waals surface area contributed by atoms with Crippen molar-refractivity contribution in [3.63, 3.8) is 0 Å². The van der Waals surface area contributed by atoms with E-state index in [2.05, 4.69) is 19.9 Å². The molecule has 0 radical (unpaired) electrons. The average Bonchev–Trinajstić information content (AvgIpc) is 3.24. The Morgan fingerprint density at radius 3 is 1.43 bits per heavy atom. The van der Waals surface area contributed by atoms with Crippen LogP contribution in [0.25, 0.3) is 22.5 Å². The fourth-order valence-corrected chi connectivity index (χ4v) is 6.64. The van der Waals surface area contributed by atoms with E-state index in [4.69, 9.17) is 18.9 Å². The molecule has 6 aromatic rings. The van der Waals surface area contributed by atoms with Gasteiger partial charge in [-0.3, -0.25) is 19.2 Å². The molecule has 0 unspecified atom stereocenters. The van der Waals surface area contributed by atoms with Gasteiger partial charge in [0.05, 0.1) is 52.9 Å². The molecule has 60 heavy (non-hydrogen) atoms. The number of carbonyl (C=O) groups excluding carboxylic acids is 2. The summed E-state index contributed by atoms with van der Waals surface area (Å²) < 4.78 is 48.1. The molecule has 0 spiro atoms. The maximum Gasteiger partial charge on any atom is 0.250 e. The number of hydrogen-bond acceptors (Lipinski definition) is 15. The van der Waals surface area contributed by atoms with E-state index in [1.807, 2.05) is 18.4 Å². The molecule has 0 aliphatic carbocycles. The van der Waals surface area contributed by atoms with Gasteiger partial charge in [-0.2, -0.15) is 0 Å². The van der Waals surface area contributed by atoms with Gasteiger partial charge in [0.1, 0.15) is 11.4 Å². The lowest BCUT2D eigenvalue weighted by Gasteiger charge is -2.12. The molecule has 0 saturated heterocycles. The number of methoxy groups -OCH3 is 4. The van der Waals surface area contributed by atoms with Crippen LogP contribution in [-0.4, -0.2) is 90.0 Å². The summed E-state index contributed by atoms with van der Waals surface area (Å²) in [5.74, 6) is 1.79. The van der Waals surface area contributed by atoms with Crippen LogP contribution in [0.5, 0.6) is 23.0 Å². The zero-order valence-corrected chi connectivity index (χ0v) is 35.7. The highest BCUT2D eigenvalue weighted by Gasteiger charge is 2.18. The van der Waals surface area contributed by atoms with Crippen LogP contribution >= 0.6 is 11.8 Å². The number of rotatable bonds is 14. The summed E-state index contributed by atoms with van der Waals surface area (Å²) in [4.78, 5) is 65.0. The van der Waals surface area contributed by atoms with Gasteiger partial charge in [-0.1, -0.05) is 23.9 Å². The first-order chi connectivity index (χ1) is 28.6. The Morgan fingerprint density at radius 2 is 1.03 bits per heavy atom. The number of Topliss-reactive ketones (excluding diaryl/α,β-unsaturated/α-hetero) is 2. The smallest absolute Gasteiger partial charge is 0.250 e. The van der Waals surface area contributed by atoms with Gasteiger partial charge in [-0.25, -0.2) is 28.4 Å². The van der Waals surface area contributed by atoms with Crippen LogP contribution in [0.3, 0.4) is 0 Å². The molecular weight excluding hydrogens is 813 g/mol. The Morgan fingerprint density at radius 1 is 0.600 bits per heavy atom. The summed E-state index contributed by atoms with van der Waals surface area (Å²) in [5, 5.41) is 0.0539. The van der Waals surface area contributed by atoms with Crippen molar-refractivity contribution >= 4 is 33.2 Å². The molecular formula is C42H42N6O10S2. The molecule has 18 heteroatoms. The van der Waals surface area contributed by atoms with E-state index in [1.165, 1.54) is 68.7 Å². The Bertz CT molecular complexity index is 2810. The maximum absolute atomic E-state index is 12.4. The van der Waals surface area contributed by atoms with Crippen LogP contribution in [0.15, 0.2) is 105 Å². The van der Waals surface area contributed by atoms with E-state index in [-0.39, 0.29) is 34.8 Å². The minimum atomic E-state index is -3.74. The Balaban J connectivity index is 0.000000228. The summed E-state index contributed by atoms with van der Waals surface area (Å²) in [5.41, 5.74) is 3.61. The van der Waals surface area contributed by atoms with Crippen LogP contribution in [0, 0.1) is 0 Å². The van der Waals surface area contributed by atoms with E-state index in [0.29, 0.717) is 51.7 Å². The summed E-state index contributed by atoms with van der Waals surface area (Å²) in [6.45, 7) is 3.34. The fourth-order valence-electron chi connectivity index (χ4n) is 5.73. The van der Waals surface area contributed by atoms with Crippen LogP contribution in [0.2, 0.25) is 0 Å². The second-order valence-electron chi connectivity index (χ2n) is 13.1. The third-order valence-corrected chi connectivity index (χ3v) is 10.2. The highest BCUT2D eigenvalue weighted by Crippen LogP contribution is 2.29. The Labute approximate surface area is 350 Å². The lowest BCUT2D eigenvalue weighted by Crippen LogP contribution is -2.19. The zero-order chi connectivity index (χ0) is 43.7. The van der Waals surface area contributed by atoms with Crippen molar-refractivity contribution in [2.75, 3.05) is 41.0 Å². The van der Waals surface area contributed by atoms with Gasteiger partial charge in [-0.05, 0) is 65.9 Å². The lowest BCUT2D eigenvalue weighted by atomic mass is 10.1. The van der Waals surface area contributed by atoms with Gasteiger partial charge in [-0.15, -0.1) is 0 Å². The number of thioether (sulfide) groups is 1. The topological polar surface area (TPSA) is 201 Å². The molecule has 0 aliphatic heterocycles. The van der Waals surface area contributed by atoms with E-state index in [9.17, 15) is 27.6 Å². The van der Waals surface area contributed by atoms with Crippen LogP contribution < -0.4 is 30.1 Å². The number of ketones is 2. The molecule has 16 nitrogen and oxygen atoms in total. The summed E-state index contributed by atoms with van der Waals surface area (Å²) in [7, 11) is 2.46. The Hall–Kier alpha value is -6.66. The molecule has 0 amide bonds. The highest BCUT2D eigenvalue weighted by molar-refractivity contribution is 7.98. The SMILES string of the molecule is COc1ccc(Cn2cc(-c3cc(C(C)=O)nc(S(C)(=O)=O)n3)ccc2=O)cc1OC.COc1ccc(Cn2cc(-c3cc(C(C)=O)nc(SC)n3)ccc2=O)cc1OC. The number of ether oxygens (including phenoxy) is 4. The molecule has 0 saturated carbocycles. The summed E-state index contributed by atoms with van der Waals surface area (Å²) >= 11 is 1.36. The number of nitrogens with zero attached hydrogens (tertiary/aromatic N) is 6. The van der Waals surface area contributed by atoms with Crippen LogP contribution in [0.4, 0.5) is 0 Å². The Kier molecular flexibility index (Phi) is 14.4. The molecule has 4 heterocycles. The third-order valence-electron chi connectivity index (χ3n) is 8.81. The molecule has 4 aromatic heterocycles. The third kappa shape index (κ3) is 10.9. The number of hydrogen-bond donors (Lipinski definition) is 0. The predicted octanol–water partition coefficient (Wildman–Crippen LogP) is 5.27. The first-order valence-corrected chi connectivity index (χ1v) is 21.1. The van der Waals surface area contributed by atoms with Gasteiger partial charge in [0.15, 0.2) is 39.7 Å². The van der Waals surface area contributed by atoms with Crippen molar-refractivity contribution in [3.8, 4) is 45.5 Å². The largest absolute Gasteiger partial charge is 0.493 e. The molecule has 0 atom stereocenters. The molecule has 2 aromatic carbocycles. The fraction of sp³-hybridized carbons (Fsp3) is 0.238. The summed E-state index contributed by atoms with van der Waals surface area (Å²) in [6.07, 6.45) is 6.10. The van der Waals surface area contributed by atoms with E-state index in [0.717, 1.165) is 22.9 Å². The van der Waals surface area contributed by atoms with Gasteiger partial charge in [0.2, 0.25) is 15.0 Å². The maximum atomic E-state index is 12.4. The average molecular weight is 855 g/mol. The van der Waals surface area contributed by atoms with Crippen molar-refractivity contribution in [2.24, 2.45) is 0 Å². The number of pyridine rings is 2. The van der Waals surface area contributed by atoms with Crippen LogP contribution in [-0.2, 0) is 22.9 Å². The molecule has 312 valence electrons. The minimum absolute atomic E-state index is 0.0249. The van der Waals surface area contributed by atoms with Gasteiger partial charge in [0.25, 0.3) is 11.1 Å². The number of carbonyl (C=O) groups is 2. The van der Waals surface area contributed by atoms with Crippen molar-refractivity contribution in [1.82, 2.24) is 29.1 Å². The molecule has 0 N–H and O–H groups in total. The predicted molar refractivity (Wildman–Crippen MR) is 226 cm³/mol. The standard InChI is InChI=1S/C21H21N3O6S.C21H21N3O4S/c1-13(25)16-10-17(23-21(22-16)31(4,27)28)15-6-8-20(26)24(12-15)11-14-5-7-18(29-2)19(9-14)30-3;1-13(25)16-10-17(23-21(22-16)29-4)15-6-8-20(26)24(12-15)11-14-5-7-18(27-2)19(9-14)28-3/h5-10,12H,11H2,1-4H3;5-10,12H,11H2,1-4H3. The molecule has 0 fully saturated rings. The quantitative estimate of drug-likeness (QED) is 0.0779. The van der Waals surface area contributed by atoms with Gasteiger partial charge >= 0.3 is 0 Å². The second-order valence-corrected chi connectivity index (χ2v) is 15.8. The van der Waals surface area contributed by atoms with Crippen molar-refractivity contribution in [1.29, 1.82) is 0 Å². The molecule has 6 rings (SSSR count). The zero-order valence-electron chi connectivity index (χ0n) is 34.1. The second kappa shape index (κ2) is 19.4. The van der Waals surface area contributed by atoms with Crippen molar-refractivity contribution < 1.29 is 37.0 Å². The first-order valence-electron chi connectivity index (χ1n) is 17.9. The molecule has 0 aliphatic rings. The molecule has 0 bridgehead atoms. The van der Waals surface area contributed by atoms with E-state index < -0.39 is 20.8 Å². The summed E-state index contributed by atoms with van der Waals surface area (Å²) in [6, 6.07) is 19.9. The van der Waals surface area contributed by atoms with Crippen molar-refractivity contribution in [3.05, 3.63) is 128 Å². The monoisotopic (exact) mass is 854 g/mol. The van der Waals surface area contributed by atoms with Crippen molar-refractivity contribution in [2.45, 2.75) is 37.2 Å². The lowest BCUT2D eigenvalue weighted by molar-refractivity contribution is 0.0999. The number of aromatic nitrogens is 6. The normalized spacial score (nSPS) is 10.9. The van der Waals surface area contributed by atoms with Gasteiger partial charge < -0.3 is 28.1 Å². The first kappa shape index (κ1) is 44.4. The van der Waals surface area contributed by atoms with E-state index >= 15 is 0 Å². The van der Waals surface area contributed by atoms with Gasteiger partial charge in [0, 0.05) is 55.8 Å².